The Kier molecular flexibility index (Phi) is 5.48. The molecule has 1 unspecified atom stereocenters. The van der Waals surface area contributed by atoms with Gasteiger partial charge in [-0.3, -0.25) is 0 Å². The summed E-state index contributed by atoms with van der Waals surface area (Å²) in [5, 5.41) is 10.7. The number of nitrogens with one attached hydrogen (secondary N) is 1. The number of ether oxygens (including phenoxy) is 1. The highest BCUT2D eigenvalue weighted by molar-refractivity contribution is 7.90. The van der Waals surface area contributed by atoms with Gasteiger partial charge in [-0.1, -0.05) is 54.6 Å². The summed E-state index contributed by atoms with van der Waals surface area (Å²) in [6.45, 7) is 3.75. The molecule has 26 heavy (non-hydrogen) atoms. The summed E-state index contributed by atoms with van der Waals surface area (Å²) in [6.07, 6.45) is 0.336. The lowest BCUT2D eigenvalue weighted by Gasteiger charge is -2.40. The van der Waals surface area contributed by atoms with Gasteiger partial charge in [0, 0.05) is 13.0 Å². The van der Waals surface area contributed by atoms with Crippen molar-refractivity contribution >= 4 is 10.0 Å². The number of hydrogen-bond acceptors (Lipinski definition) is 4. The molecule has 2 aromatic carbocycles. The second kappa shape index (κ2) is 7.48. The summed E-state index contributed by atoms with van der Waals surface area (Å²) in [6, 6.07) is 16.9. The molecule has 0 aromatic heterocycles. The molecule has 1 fully saturated rings. The zero-order valence-corrected chi connectivity index (χ0v) is 15.9. The Morgan fingerprint density at radius 3 is 2.31 bits per heavy atom. The number of aliphatic hydroxyl groups is 1. The zero-order chi connectivity index (χ0) is 18.8. The van der Waals surface area contributed by atoms with Crippen molar-refractivity contribution in [3.63, 3.8) is 0 Å². The van der Waals surface area contributed by atoms with Gasteiger partial charge in [0.2, 0.25) is 10.0 Å². The SMILES string of the molecule is CC(C)S(=O)(=O)N[C@H]1COCCC1(O)c1ccc(-c2ccccc2)cc1. The minimum atomic E-state index is -3.52. The van der Waals surface area contributed by atoms with Crippen molar-refractivity contribution in [2.75, 3.05) is 13.2 Å². The summed E-state index contributed by atoms with van der Waals surface area (Å²) in [5.41, 5.74) is 1.53. The van der Waals surface area contributed by atoms with Crippen LogP contribution in [0.25, 0.3) is 11.1 Å². The Morgan fingerprint density at radius 1 is 1.08 bits per heavy atom. The van der Waals surface area contributed by atoms with Crippen molar-refractivity contribution in [1.29, 1.82) is 0 Å². The molecule has 0 amide bonds. The Morgan fingerprint density at radius 2 is 1.69 bits per heavy atom. The summed E-state index contributed by atoms with van der Waals surface area (Å²) in [5.74, 6) is 0. The third-order valence-corrected chi connectivity index (χ3v) is 6.76. The lowest BCUT2D eigenvalue weighted by atomic mass is 9.82. The summed E-state index contributed by atoms with van der Waals surface area (Å²) < 4.78 is 32.6. The van der Waals surface area contributed by atoms with Crippen LogP contribution in [0.3, 0.4) is 0 Å². The fourth-order valence-electron chi connectivity index (χ4n) is 3.13. The van der Waals surface area contributed by atoms with Crippen LogP contribution in [0.4, 0.5) is 0 Å². The molecule has 3 rings (SSSR count). The van der Waals surface area contributed by atoms with Crippen molar-refractivity contribution in [3.05, 3.63) is 60.2 Å². The van der Waals surface area contributed by atoms with E-state index in [1.807, 2.05) is 54.6 Å². The van der Waals surface area contributed by atoms with Crippen LogP contribution in [-0.2, 0) is 20.4 Å². The first-order valence-electron chi connectivity index (χ1n) is 8.80. The molecule has 1 heterocycles. The van der Waals surface area contributed by atoms with Crippen LogP contribution < -0.4 is 4.72 Å². The minimum absolute atomic E-state index is 0.142. The molecule has 1 aliphatic heterocycles. The molecule has 0 radical (unpaired) electrons. The van der Waals surface area contributed by atoms with Crippen LogP contribution in [0.2, 0.25) is 0 Å². The van der Waals surface area contributed by atoms with E-state index in [0.717, 1.165) is 11.1 Å². The van der Waals surface area contributed by atoms with Gasteiger partial charge in [0.1, 0.15) is 5.60 Å². The molecule has 0 aliphatic carbocycles. The van der Waals surface area contributed by atoms with Crippen molar-refractivity contribution in [2.45, 2.75) is 37.2 Å². The third kappa shape index (κ3) is 3.83. The number of hydrogen-bond donors (Lipinski definition) is 2. The molecule has 0 bridgehead atoms. The third-order valence-electron chi connectivity index (χ3n) is 4.91. The van der Waals surface area contributed by atoms with E-state index >= 15 is 0 Å². The molecule has 5 nitrogen and oxygen atoms in total. The van der Waals surface area contributed by atoms with E-state index in [2.05, 4.69) is 4.72 Å². The van der Waals surface area contributed by atoms with Gasteiger partial charge < -0.3 is 9.84 Å². The molecular formula is C20H25NO4S. The Bertz CT molecular complexity index is 834. The van der Waals surface area contributed by atoms with Crippen molar-refractivity contribution in [3.8, 4) is 11.1 Å². The largest absolute Gasteiger partial charge is 0.383 e. The zero-order valence-electron chi connectivity index (χ0n) is 15.1. The Labute approximate surface area is 155 Å². The minimum Gasteiger partial charge on any atom is -0.383 e. The van der Waals surface area contributed by atoms with Crippen molar-refractivity contribution in [1.82, 2.24) is 4.72 Å². The quantitative estimate of drug-likeness (QED) is 0.842. The smallest absolute Gasteiger partial charge is 0.214 e. The highest BCUT2D eigenvalue weighted by atomic mass is 32.2. The molecule has 1 aliphatic rings. The average Bonchev–Trinajstić information content (AvgIpc) is 2.64. The van der Waals surface area contributed by atoms with Crippen LogP contribution in [0, 0.1) is 0 Å². The van der Waals surface area contributed by atoms with Crippen LogP contribution >= 0.6 is 0 Å². The highest BCUT2D eigenvalue weighted by Crippen LogP contribution is 2.34. The molecule has 2 aromatic rings. The predicted molar refractivity (Wildman–Crippen MR) is 102 cm³/mol. The van der Waals surface area contributed by atoms with Gasteiger partial charge in [-0.05, 0) is 30.5 Å². The van der Waals surface area contributed by atoms with E-state index in [1.165, 1.54) is 0 Å². The first kappa shape index (κ1) is 19.0. The maximum Gasteiger partial charge on any atom is 0.214 e. The molecule has 0 saturated carbocycles. The number of sulfonamides is 1. The van der Waals surface area contributed by atoms with E-state index in [9.17, 15) is 13.5 Å². The van der Waals surface area contributed by atoms with Gasteiger partial charge in [0.15, 0.2) is 0 Å². The molecule has 1 saturated heterocycles. The standard InChI is InChI=1S/C20H25NO4S/c1-15(2)26(23,24)21-19-14-25-13-12-20(19,22)18-10-8-17(9-11-18)16-6-4-3-5-7-16/h3-11,15,19,21-22H,12-14H2,1-2H3/t19-,20?/m0/s1. The van der Waals surface area contributed by atoms with Gasteiger partial charge >= 0.3 is 0 Å². The predicted octanol–water partition coefficient (Wildman–Crippen LogP) is 2.66. The first-order valence-corrected chi connectivity index (χ1v) is 10.3. The number of benzene rings is 2. The monoisotopic (exact) mass is 375 g/mol. The van der Waals surface area contributed by atoms with Gasteiger partial charge in [-0.15, -0.1) is 0 Å². The van der Waals surface area contributed by atoms with Crippen molar-refractivity contribution in [2.24, 2.45) is 0 Å². The van der Waals surface area contributed by atoms with Gasteiger partial charge in [0.05, 0.1) is 17.9 Å². The van der Waals surface area contributed by atoms with Crippen LogP contribution in [0.5, 0.6) is 0 Å². The molecule has 2 N–H and O–H groups in total. The summed E-state index contributed by atoms with van der Waals surface area (Å²) in [7, 11) is -3.52. The fraction of sp³-hybridized carbons (Fsp3) is 0.400. The molecular weight excluding hydrogens is 350 g/mol. The topological polar surface area (TPSA) is 75.6 Å². The highest BCUT2D eigenvalue weighted by Gasteiger charge is 2.43. The van der Waals surface area contributed by atoms with E-state index < -0.39 is 26.9 Å². The maximum absolute atomic E-state index is 12.3. The second-order valence-corrected chi connectivity index (χ2v) is 9.23. The van der Waals surface area contributed by atoms with Crippen LogP contribution in [-0.4, -0.2) is 38.0 Å². The van der Waals surface area contributed by atoms with Gasteiger partial charge in [-0.2, -0.15) is 0 Å². The summed E-state index contributed by atoms with van der Waals surface area (Å²) >= 11 is 0. The lowest BCUT2D eigenvalue weighted by Crippen LogP contribution is -2.57. The van der Waals surface area contributed by atoms with Crippen LogP contribution in [0.15, 0.2) is 54.6 Å². The molecule has 6 heteroatoms. The lowest BCUT2D eigenvalue weighted by molar-refractivity contribution is -0.0898. The summed E-state index contributed by atoms with van der Waals surface area (Å²) in [4.78, 5) is 0. The normalized spacial score (nSPS) is 23.9. The van der Waals surface area contributed by atoms with Crippen LogP contribution in [0.1, 0.15) is 25.8 Å². The maximum atomic E-state index is 12.3. The van der Waals surface area contributed by atoms with Gasteiger partial charge in [-0.25, -0.2) is 13.1 Å². The van der Waals surface area contributed by atoms with E-state index in [4.69, 9.17) is 4.74 Å². The van der Waals surface area contributed by atoms with E-state index in [0.29, 0.717) is 18.6 Å². The Hall–Kier alpha value is -1.73. The van der Waals surface area contributed by atoms with Crippen molar-refractivity contribution < 1.29 is 18.3 Å². The second-order valence-electron chi connectivity index (χ2n) is 6.96. The molecule has 0 spiro atoms. The van der Waals surface area contributed by atoms with E-state index in [-0.39, 0.29) is 6.61 Å². The first-order chi connectivity index (χ1) is 12.3. The van der Waals surface area contributed by atoms with E-state index in [1.54, 1.807) is 13.8 Å². The van der Waals surface area contributed by atoms with Gasteiger partial charge in [0.25, 0.3) is 0 Å². The fourth-order valence-corrected chi connectivity index (χ4v) is 4.07. The molecule has 2 atom stereocenters. The number of rotatable bonds is 5. The Balaban J connectivity index is 1.89. The molecule has 140 valence electrons. The average molecular weight is 375 g/mol.